The minimum absolute atomic E-state index is 0. The van der Waals surface area contributed by atoms with Gasteiger partial charge in [-0.05, 0) is 31.0 Å². The van der Waals surface area contributed by atoms with E-state index in [1.807, 2.05) is 0 Å². The predicted molar refractivity (Wildman–Crippen MR) is 59.1 cm³/mol. The number of alkyl halides is 3. The van der Waals surface area contributed by atoms with E-state index in [4.69, 9.17) is 0 Å². The van der Waals surface area contributed by atoms with E-state index in [-0.39, 0.29) is 17.8 Å². The first kappa shape index (κ1) is 12.6. The molecule has 0 amide bonds. The lowest BCUT2D eigenvalue weighted by Crippen LogP contribution is -2.20. The van der Waals surface area contributed by atoms with Crippen LogP contribution < -0.4 is 5.32 Å². The summed E-state index contributed by atoms with van der Waals surface area (Å²) in [7, 11) is 0. The standard InChI is InChI=1S/C11H11F3N2.ClH/c12-11(13,14)7-1-2-9(16-5-7)10-3-8(10)4-15-6-10;/h1-2,5,8,15H,3-4,6H2;1H. The second kappa shape index (κ2) is 3.85. The highest BCUT2D eigenvalue weighted by Crippen LogP contribution is 2.55. The molecule has 2 aliphatic rings. The lowest BCUT2D eigenvalue weighted by Gasteiger charge is -2.12. The van der Waals surface area contributed by atoms with E-state index in [9.17, 15) is 13.2 Å². The van der Waals surface area contributed by atoms with Crippen molar-refractivity contribution in [2.75, 3.05) is 13.1 Å². The molecule has 0 bridgehead atoms. The van der Waals surface area contributed by atoms with E-state index in [1.54, 1.807) is 0 Å². The Kier molecular flexibility index (Phi) is 2.86. The van der Waals surface area contributed by atoms with E-state index in [2.05, 4.69) is 10.3 Å². The summed E-state index contributed by atoms with van der Waals surface area (Å²) in [6.45, 7) is 1.80. The predicted octanol–water partition coefficient (Wildman–Crippen LogP) is 2.38. The van der Waals surface area contributed by atoms with Gasteiger partial charge in [0.05, 0.1) is 5.56 Å². The number of nitrogens with one attached hydrogen (secondary N) is 1. The number of hydrogen-bond donors (Lipinski definition) is 1. The number of pyridine rings is 1. The van der Waals surface area contributed by atoms with Gasteiger partial charge in [-0.25, -0.2) is 0 Å². The Balaban J connectivity index is 0.00000108. The molecule has 0 aromatic carbocycles. The van der Waals surface area contributed by atoms with Crippen molar-refractivity contribution in [3.63, 3.8) is 0 Å². The topological polar surface area (TPSA) is 24.9 Å². The number of fused-ring (bicyclic) bond motifs is 1. The highest BCUT2D eigenvalue weighted by Gasteiger charge is 2.59. The molecule has 1 aromatic heterocycles. The Labute approximate surface area is 103 Å². The summed E-state index contributed by atoms with van der Waals surface area (Å²) in [6, 6.07) is 2.65. The quantitative estimate of drug-likeness (QED) is 0.842. The minimum Gasteiger partial charge on any atom is -0.315 e. The van der Waals surface area contributed by atoms with Crippen LogP contribution in [-0.2, 0) is 11.6 Å². The number of nitrogens with zero attached hydrogens (tertiary/aromatic N) is 1. The van der Waals surface area contributed by atoms with Crippen molar-refractivity contribution in [1.82, 2.24) is 10.3 Å². The van der Waals surface area contributed by atoms with Crippen molar-refractivity contribution in [3.05, 3.63) is 29.6 Å². The van der Waals surface area contributed by atoms with Crippen molar-refractivity contribution < 1.29 is 13.2 Å². The zero-order valence-electron chi connectivity index (χ0n) is 8.92. The van der Waals surface area contributed by atoms with Gasteiger partial charge in [-0.1, -0.05) is 0 Å². The lowest BCUT2D eigenvalue weighted by molar-refractivity contribution is -0.137. The van der Waals surface area contributed by atoms with Crippen LogP contribution in [0.5, 0.6) is 0 Å². The van der Waals surface area contributed by atoms with Crippen LogP contribution in [0.4, 0.5) is 13.2 Å². The summed E-state index contributed by atoms with van der Waals surface area (Å²) in [4.78, 5) is 3.98. The molecule has 17 heavy (non-hydrogen) atoms. The largest absolute Gasteiger partial charge is 0.417 e. The first-order chi connectivity index (χ1) is 7.52. The third kappa shape index (κ3) is 1.91. The molecule has 1 saturated heterocycles. The van der Waals surface area contributed by atoms with Crippen LogP contribution in [0.15, 0.2) is 18.3 Å². The minimum atomic E-state index is -4.29. The molecule has 0 radical (unpaired) electrons. The van der Waals surface area contributed by atoms with Crippen LogP contribution in [0, 0.1) is 5.92 Å². The van der Waals surface area contributed by atoms with Crippen LogP contribution in [0.2, 0.25) is 0 Å². The SMILES string of the molecule is Cl.FC(F)(F)c1ccc(C23CNCC2C3)nc1. The van der Waals surface area contributed by atoms with Crippen molar-refractivity contribution in [2.24, 2.45) is 5.92 Å². The van der Waals surface area contributed by atoms with E-state index in [0.717, 1.165) is 37.5 Å². The first-order valence-corrected chi connectivity index (χ1v) is 5.27. The molecule has 1 aliphatic heterocycles. The molecule has 6 heteroatoms. The summed E-state index contributed by atoms with van der Waals surface area (Å²) < 4.78 is 37.1. The first-order valence-electron chi connectivity index (χ1n) is 5.27. The fourth-order valence-corrected chi connectivity index (χ4v) is 2.59. The smallest absolute Gasteiger partial charge is 0.315 e. The number of halogens is 4. The summed E-state index contributed by atoms with van der Waals surface area (Å²) in [5.74, 6) is 0.566. The normalized spacial score (nSPS) is 30.6. The van der Waals surface area contributed by atoms with Gasteiger partial charge in [0.2, 0.25) is 0 Å². The van der Waals surface area contributed by atoms with Gasteiger partial charge < -0.3 is 5.32 Å². The fraction of sp³-hybridized carbons (Fsp3) is 0.545. The number of aromatic nitrogens is 1. The van der Waals surface area contributed by atoms with Gasteiger partial charge in [0.1, 0.15) is 0 Å². The zero-order chi connectivity index (χ0) is 11.4. The number of hydrogen-bond acceptors (Lipinski definition) is 2. The lowest BCUT2D eigenvalue weighted by atomic mass is 10.0. The molecule has 0 spiro atoms. The van der Waals surface area contributed by atoms with Gasteiger partial charge in [-0.15, -0.1) is 12.4 Å². The Morgan fingerprint density at radius 1 is 1.35 bits per heavy atom. The molecule has 1 aromatic rings. The molecule has 94 valence electrons. The van der Waals surface area contributed by atoms with Crippen molar-refractivity contribution in [2.45, 2.75) is 18.0 Å². The second-order valence-corrected chi connectivity index (χ2v) is 4.62. The Hall–Kier alpha value is -0.810. The molecule has 2 heterocycles. The molecule has 2 nitrogen and oxygen atoms in total. The molecule has 1 saturated carbocycles. The second-order valence-electron chi connectivity index (χ2n) is 4.62. The zero-order valence-corrected chi connectivity index (χ0v) is 9.74. The van der Waals surface area contributed by atoms with Gasteiger partial charge in [-0.2, -0.15) is 13.2 Å². The van der Waals surface area contributed by atoms with Gasteiger partial charge in [-0.3, -0.25) is 4.98 Å². The van der Waals surface area contributed by atoms with Gasteiger partial charge in [0.15, 0.2) is 0 Å². The Morgan fingerprint density at radius 3 is 2.53 bits per heavy atom. The number of rotatable bonds is 1. The Morgan fingerprint density at radius 2 is 2.12 bits per heavy atom. The molecule has 2 fully saturated rings. The molecule has 3 rings (SSSR count). The summed E-state index contributed by atoms with van der Waals surface area (Å²) in [6.07, 6.45) is -2.30. The third-order valence-corrected chi connectivity index (χ3v) is 3.66. The maximum atomic E-state index is 12.4. The molecule has 1 N–H and O–H groups in total. The van der Waals surface area contributed by atoms with Crippen molar-refractivity contribution in [1.29, 1.82) is 0 Å². The van der Waals surface area contributed by atoms with Gasteiger partial charge in [0.25, 0.3) is 0 Å². The van der Waals surface area contributed by atoms with E-state index >= 15 is 0 Å². The van der Waals surface area contributed by atoms with Crippen LogP contribution in [0.1, 0.15) is 17.7 Å². The average Bonchev–Trinajstić information content (AvgIpc) is 2.81. The maximum absolute atomic E-state index is 12.4. The Bertz CT molecular complexity index is 418. The summed E-state index contributed by atoms with van der Waals surface area (Å²) in [5, 5.41) is 3.24. The fourth-order valence-electron chi connectivity index (χ4n) is 2.59. The molecule has 2 unspecified atom stereocenters. The molecule has 2 atom stereocenters. The van der Waals surface area contributed by atoms with Crippen LogP contribution in [0.25, 0.3) is 0 Å². The maximum Gasteiger partial charge on any atom is 0.417 e. The molecular formula is C11H12ClF3N2. The van der Waals surface area contributed by atoms with Crippen molar-refractivity contribution in [3.8, 4) is 0 Å². The van der Waals surface area contributed by atoms with Gasteiger partial charge in [0, 0.05) is 23.9 Å². The summed E-state index contributed by atoms with van der Waals surface area (Å²) in [5.41, 5.74) is 0.163. The molecule has 1 aliphatic carbocycles. The van der Waals surface area contributed by atoms with Crippen LogP contribution in [-0.4, -0.2) is 18.1 Å². The third-order valence-electron chi connectivity index (χ3n) is 3.66. The monoisotopic (exact) mass is 264 g/mol. The highest BCUT2D eigenvalue weighted by atomic mass is 35.5. The summed E-state index contributed by atoms with van der Waals surface area (Å²) >= 11 is 0. The molecular weight excluding hydrogens is 253 g/mol. The van der Waals surface area contributed by atoms with E-state index in [1.165, 1.54) is 6.07 Å². The average molecular weight is 265 g/mol. The number of piperidine rings is 1. The van der Waals surface area contributed by atoms with Crippen LogP contribution in [0.3, 0.4) is 0 Å². The van der Waals surface area contributed by atoms with Crippen LogP contribution >= 0.6 is 12.4 Å². The van der Waals surface area contributed by atoms with Crippen molar-refractivity contribution >= 4 is 12.4 Å². The van der Waals surface area contributed by atoms with Gasteiger partial charge >= 0.3 is 6.18 Å². The van der Waals surface area contributed by atoms with E-state index in [0.29, 0.717) is 5.92 Å². The highest BCUT2D eigenvalue weighted by molar-refractivity contribution is 5.85. The van der Waals surface area contributed by atoms with E-state index < -0.39 is 11.7 Å².